The van der Waals surface area contributed by atoms with Gasteiger partial charge in [0.05, 0.1) is 0 Å². The van der Waals surface area contributed by atoms with E-state index in [4.69, 9.17) is 11.1 Å². The molecule has 1 rings (SSSR count). The van der Waals surface area contributed by atoms with Gasteiger partial charge < -0.3 is 11.1 Å². The van der Waals surface area contributed by atoms with Crippen molar-refractivity contribution in [2.75, 3.05) is 0 Å². The zero-order valence-electron chi connectivity index (χ0n) is 6.34. The first-order valence-corrected chi connectivity index (χ1v) is 4.09. The maximum absolute atomic E-state index is 7.09. The predicted octanol–water partition coefficient (Wildman–Crippen LogP) is 1.54. The third-order valence-corrected chi connectivity index (χ3v) is 2.29. The molecule has 0 saturated heterocycles. The van der Waals surface area contributed by atoms with Crippen LogP contribution in [0.25, 0.3) is 0 Å². The van der Waals surface area contributed by atoms with Crippen molar-refractivity contribution in [2.24, 2.45) is 11.7 Å². The summed E-state index contributed by atoms with van der Waals surface area (Å²) in [5.74, 6) is 0.522. The van der Waals surface area contributed by atoms with Crippen LogP contribution in [0.15, 0.2) is 0 Å². The molecular weight excluding hydrogens is 124 g/mol. The molecule has 0 aromatic carbocycles. The highest BCUT2D eigenvalue weighted by molar-refractivity contribution is 5.56. The minimum absolute atomic E-state index is 0.407. The van der Waals surface area contributed by atoms with Crippen LogP contribution >= 0.6 is 0 Å². The normalized spacial score (nSPS) is 34.9. The van der Waals surface area contributed by atoms with Gasteiger partial charge in [0, 0.05) is 6.04 Å². The molecule has 2 unspecified atom stereocenters. The zero-order valence-corrected chi connectivity index (χ0v) is 6.34. The first-order valence-electron chi connectivity index (χ1n) is 4.09. The van der Waals surface area contributed by atoms with E-state index in [1.165, 1.54) is 12.8 Å². The van der Waals surface area contributed by atoms with E-state index in [1.807, 2.05) is 0 Å². The van der Waals surface area contributed by atoms with Gasteiger partial charge in [-0.25, -0.2) is 0 Å². The van der Waals surface area contributed by atoms with Crippen LogP contribution in [-0.2, 0) is 0 Å². The predicted molar refractivity (Wildman–Crippen MR) is 43.3 cm³/mol. The lowest BCUT2D eigenvalue weighted by molar-refractivity contribution is 0.571. The fraction of sp³-hybridized carbons (Fsp3) is 0.875. The monoisotopic (exact) mass is 140 g/mol. The Morgan fingerprint density at radius 1 is 1.20 bits per heavy atom. The summed E-state index contributed by atoms with van der Waals surface area (Å²) in [5.41, 5.74) is 5.78. The lowest BCUT2D eigenvalue weighted by Crippen LogP contribution is -2.18. The van der Waals surface area contributed by atoms with Gasteiger partial charge in [0.2, 0.25) is 0 Å². The second-order valence-corrected chi connectivity index (χ2v) is 3.20. The summed E-state index contributed by atoms with van der Waals surface area (Å²) >= 11 is 0. The minimum Gasteiger partial charge on any atom is -0.328 e. The van der Waals surface area contributed by atoms with Crippen LogP contribution in [0.4, 0.5) is 0 Å². The van der Waals surface area contributed by atoms with E-state index < -0.39 is 0 Å². The van der Waals surface area contributed by atoms with E-state index in [0.29, 0.717) is 12.0 Å². The largest absolute Gasteiger partial charge is 0.328 e. The number of nitrogens with two attached hydrogens (primary N) is 1. The lowest BCUT2D eigenvalue weighted by atomic mass is 10.0. The second-order valence-electron chi connectivity index (χ2n) is 3.20. The smallest absolute Gasteiger partial charge is 0.00390 e. The summed E-state index contributed by atoms with van der Waals surface area (Å²) in [5, 5.41) is 7.09. The third kappa shape index (κ3) is 2.10. The molecule has 1 aliphatic carbocycles. The van der Waals surface area contributed by atoms with Gasteiger partial charge in [-0.1, -0.05) is 6.42 Å². The molecule has 2 heteroatoms. The van der Waals surface area contributed by atoms with Crippen molar-refractivity contribution < 1.29 is 0 Å². The standard InChI is InChI=1S/C8H16N2/c9-6-7-2-1-3-8(10)5-4-7/h6-9H,1-5,10H2. The van der Waals surface area contributed by atoms with Crippen molar-refractivity contribution in [2.45, 2.75) is 38.1 Å². The van der Waals surface area contributed by atoms with Gasteiger partial charge in [-0.2, -0.15) is 0 Å². The molecule has 0 bridgehead atoms. The molecule has 3 N–H and O–H groups in total. The molecule has 0 aromatic heterocycles. The molecule has 0 heterocycles. The number of nitrogens with one attached hydrogen (secondary N) is 1. The SMILES string of the molecule is N=CC1CCCC(N)CC1. The Balaban J connectivity index is 2.32. The molecule has 58 valence electrons. The average molecular weight is 140 g/mol. The molecule has 0 radical (unpaired) electrons. The van der Waals surface area contributed by atoms with Crippen molar-refractivity contribution >= 4 is 6.21 Å². The molecule has 0 spiro atoms. The van der Waals surface area contributed by atoms with Gasteiger partial charge in [0.25, 0.3) is 0 Å². The van der Waals surface area contributed by atoms with Crippen LogP contribution in [-0.4, -0.2) is 12.3 Å². The van der Waals surface area contributed by atoms with Crippen molar-refractivity contribution in [1.82, 2.24) is 0 Å². The van der Waals surface area contributed by atoms with Crippen LogP contribution in [0.2, 0.25) is 0 Å². The van der Waals surface area contributed by atoms with E-state index in [9.17, 15) is 0 Å². The quantitative estimate of drug-likeness (QED) is 0.421. The van der Waals surface area contributed by atoms with Crippen molar-refractivity contribution in [3.8, 4) is 0 Å². The Morgan fingerprint density at radius 2 is 2.00 bits per heavy atom. The molecule has 1 aliphatic rings. The minimum atomic E-state index is 0.407. The van der Waals surface area contributed by atoms with Gasteiger partial charge in [0.1, 0.15) is 0 Å². The molecule has 0 aromatic rings. The van der Waals surface area contributed by atoms with Crippen LogP contribution in [0, 0.1) is 11.3 Å². The van der Waals surface area contributed by atoms with E-state index >= 15 is 0 Å². The summed E-state index contributed by atoms with van der Waals surface area (Å²) in [6, 6.07) is 0.407. The van der Waals surface area contributed by atoms with Gasteiger partial charge >= 0.3 is 0 Å². The van der Waals surface area contributed by atoms with Gasteiger partial charge in [0.15, 0.2) is 0 Å². The molecule has 0 amide bonds. The Bertz CT molecular complexity index is 112. The average Bonchev–Trinajstić information content (AvgIpc) is 2.14. The topological polar surface area (TPSA) is 49.9 Å². The molecule has 1 fully saturated rings. The van der Waals surface area contributed by atoms with Crippen LogP contribution < -0.4 is 5.73 Å². The van der Waals surface area contributed by atoms with E-state index in [-0.39, 0.29) is 0 Å². The maximum Gasteiger partial charge on any atom is 0.00390 e. The van der Waals surface area contributed by atoms with Crippen molar-refractivity contribution in [1.29, 1.82) is 5.41 Å². The van der Waals surface area contributed by atoms with E-state index in [1.54, 1.807) is 6.21 Å². The number of hydrogen-bond donors (Lipinski definition) is 2. The highest BCUT2D eigenvalue weighted by atomic mass is 14.6. The molecule has 2 nitrogen and oxygen atoms in total. The highest BCUT2D eigenvalue weighted by Gasteiger charge is 2.13. The second kappa shape index (κ2) is 3.71. The Hall–Kier alpha value is -0.370. The number of hydrogen-bond acceptors (Lipinski definition) is 2. The fourth-order valence-electron chi connectivity index (χ4n) is 1.53. The summed E-state index contributed by atoms with van der Waals surface area (Å²) in [7, 11) is 0. The van der Waals surface area contributed by atoms with E-state index in [0.717, 1.165) is 19.3 Å². The molecule has 1 saturated carbocycles. The summed E-state index contributed by atoms with van der Waals surface area (Å²) < 4.78 is 0. The summed E-state index contributed by atoms with van der Waals surface area (Å²) in [6.07, 6.45) is 7.37. The fourth-order valence-corrected chi connectivity index (χ4v) is 1.53. The summed E-state index contributed by atoms with van der Waals surface area (Å²) in [4.78, 5) is 0. The van der Waals surface area contributed by atoms with Crippen molar-refractivity contribution in [3.63, 3.8) is 0 Å². The van der Waals surface area contributed by atoms with E-state index in [2.05, 4.69) is 0 Å². The maximum atomic E-state index is 7.09. The van der Waals surface area contributed by atoms with Crippen molar-refractivity contribution in [3.05, 3.63) is 0 Å². The zero-order chi connectivity index (χ0) is 7.40. The van der Waals surface area contributed by atoms with Crippen LogP contribution in [0.5, 0.6) is 0 Å². The van der Waals surface area contributed by atoms with Crippen LogP contribution in [0.3, 0.4) is 0 Å². The molecule has 0 aliphatic heterocycles. The van der Waals surface area contributed by atoms with Gasteiger partial charge in [-0.3, -0.25) is 0 Å². The summed E-state index contributed by atoms with van der Waals surface area (Å²) in [6.45, 7) is 0. The molecule has 10 heavy (non-hydrogen) atoms. The van der Waals surface area contributed by atoms with Crippen LogP contribution in [0.1, 0.15) is 32.1 Å². The Labute approximate surface area is 62.3 Å². The molecular formula is C8H16N2. The van der Waals surface area contributed by atoms with Gasteiger partial charge in [-0.05, 0) is 37.8 Å². The molecule has 2 atom stereocenters. The third-order valence-electron chi connectivity index (χ3n) is 2.29. The Kier molecular flexibility index (Phi) is 2.87. The highest BCUT2D eigenvalue weighted by Crippen LogP contribution is 2.20. The lowest BCUT2D eigenvalue weighted by Gasteiger charge is -2.05. The number of rotatable bonds is 1. The first kappa shape index (κ1) is 7.73. The Morgan fingerprint density at radius 3 is 2.70 bits per heavy atom. The first-order chi connectivity index (χ1) is 4.83. The van der Waals surface area contributed by atoms with Gasteiger partial charge in [-0.15, -0.1) is 0 Å².